The topological polar surface area (TPSA) is 86.7 Å². The van der Waals surface area contributed by atoms with Crippen molar-refractivity contribution in [3.8, 4) is 5.75 Å². The molecular weight excluding hydrogens is 268 g/mol. The van der Waals surface area contributed by atoms with Gasteiger partial charge >= 0.3 is 0 Å². The molecule has 7 heteroatoms. The number of amides is 1. The molecule has 1 amide bonds. The van der Waals surface area contributed by atoms with Crippen LogP contribution in [0.15, 0.2) is 29.2 Å². The van der Waals surface area contributed by atoms with E-state index in [-0.39, 0.29) is 29.6 Å². The monoisotopic (exact) mass is 284 g/mol. The van der Waals surface area contributed by atoms with Gasteiger partial charge in [-0.15, -0.1) is 0 Å². The van der Waals surface area contributed by atoms with Crippen LogP contribution >= 0.6 is 0 Å². The van der Waals surface area contributed by atoms with E-state index in [1.165, 1.54) is 18.2 Å². The first-order chi connectivity index (χ1) is 8.78. The molecule has 0 aromatic heterocycles. The number of phenolic OH excluding ortho intramolecular Hbond substituents is 1. The van der Waals surface area contributed by atoms with Crippen LogP contribution in [0.2, 0.25) is 0 Å². The molecule has 0 unspecified atom stereocenters. The number of aromatic hydroxyl groups is 1. The van der Waals surface area contributed by atoms with Crippen molar-refractivity contribution in [2.24, 2.45) is 0 Å². The van der Waals surface area contributed by atoms with Gasteiger partial charge in [-0.25, -0.2) is 8.42 Å². The molecule has 0 atom stereocenters. The second kappa shape index (κ2) is 4.50. The number of benzene rings is 1. The van der Waals surface area contributed by atoms with Gasteiger partial charge in [0.25, 0.3) is 0 Å². The summed E-state index contributed by atoms with van der Waals surface area (Å²) in [6.07, 6.45) is 0. The predicted octanol–water partition coefficient (Wildman–Crippen LogP) is 0.291. The number of nitrogens with zero attached hydrogens (tertiary/aromatic N) is 1. The molecule has 6 nitrogen and oxygen atoms in total. The van der Waals surface area contributed by atoms with Crippen molar-refractivity contribution in [3.05, 3.63) is 24.3 Å². The normalized spacial score (nSPS) is 20.0. The highest BCUT2D eigenvalue weighted by molar-refractivity contribution is 7.89. The minimum absolute atomic E-state index is 0.176. The quantitative estimate of drug-likeness (QED) is 0.817. The van der Waals surface area contributed by atoms with Crippen LogP contribution in [0.25, 0.3) is 0 Å². The van der Waals surface area contributed by atoms with Crippen LogP contribution in [0.5, 0.6) is 5.75 Å². The molecule has 0 aliphatic carbocycles. The summed E-state index contributed by atoms with van der Waals surface area (Å²) in [5.74, 6) is -0.665. The summed E-state index contributed by atoms with van der Waals surface area (Å²) >= 11 is 0. The molecule has 1 aliphatic heterocycles. The molecule has 1 fully saturated rings. The maximum atomic E-state index is 12.6. The largest absolute Gasteiger partial charge is 0.507 e. The highest BCUT2D eigenvalue weighted by atomic mass is 32.2. The predicted molar refractivity (Wildman–Crippen MR) is 69.1 cm³/mol. The standard InChI is InChI=1S/C12H16N2O4S/c1-12(2)11(16)13-7-8-14(12)19(17,18)10-6-4-3-5-9(10)15/h3-6,15H,7-8H2,1-2H3,(H,13,16). The van der Waals surface area contributed by atoms with Crippen molar-refractivity contribution < 1.29 is 18.3 Å². The number of carbonyl (C=O) groups excluding carboxylic acids is 1. The van der Waals surface area contributed by atoms with Crippen LogP contribution in [-0.2, 0) is 14.8 Å². The van der Waals surface area contributed by atoms with E-state index < -0.39 is 15.6 Å². The number of rotatable bonds is 2. The Kier molecular flexibility index (Phi) is 3.27. The van der Waals surface area contributed by atoms with Gasteiger partial charge < -0.3 is 10.4 Å². The Bertz CT molecular complexity index is 610. The zero-order chi connectivity index (χ0) is 14.3. The van der Waals surface area contributed by atoms with Crippen molar-refractivity contribution >= 4 is 15.9 Å². The summed E-state index contributed by atoms with van der Waals surface area (Å²) in [4.78, 5) is 11.6. The van der Waals surface area contributed by atoms with Gasteiger partial charge in [0.05, 0.1) is 0 Å². The van der Waals surface area contributed by atoms with Gasteiger partial charge in [0.2, 0.25) is 15.9 Å². The number of phenols is 1. The molecule has 1 aromatic rings. The zero-order valence-electron chi connectivity index (χ0n) is 10.8. The first-order valence-electron chi connectivity index (χ1n) is 5.87. The summed E-state index contributed by atoms with van der Waals surface area (Å²) in [7, 11) is -3.91. The average molecular weight is 284 g/mol. The van der Waals surface area contributed by atoms with E-state index in [1.54, 1.807) is 19.9 Å². The lowest BCUT2D eigenvalue weighted by Crippen LogP contribution is -2.63. The lowest BCUT2D eigenvalue weighted by molar-refractivity contribution is -0.131. The molecule has 0 radical (unpaired) electrons. The van der Waals surface area contributed by atoms with Crippen LogP contribution in [0.4, 0.5) is 0 Å². The fraction of sp³-hybridized carbons (Fsp3) is 0.417. The summed E-state index contributed by atoms with van der Waals surface area (Å²) in [5.41, 5.74) is -1.18. The van der Waals surface area contributed by atoms with Gasteiger partial charge in [-0.3, -0.25) is 4.79 Å². The molecular formula is C12H16N2O4S. The van der Waals surface area contributed by atoms with Crippen LogP contribution in [0, 0.1) is 0 Å². The fourth-order valence-electron chi connectivity index (χ4n) is 2.09. The SMILES string of the molecule is CC1(C)C(=O)NCCN1S(=O)(=O)c1ccccc1O. The molecule has 1 aromatic carbocycles. The molecule has 1 saturated heterocycles. The molecule has 0 saturated carbocycles. The maximum Gasteiger partial charge on any atom is 0.247 e. The Morgan fingerprint density at radius 3 is 2.58 bits per heavy atom. The first-order valence-corrected chi connectivity index (χ1v) is 7.31. The van der Waals surface area contributed by atoms with E-state index in [4.69, 9.17) is 0 Å². The number of hydrogen-bond donors (Lipinski definition) is 2. The Labute approximate surface area is 112 Å². The number of para-hydroxylation sites is 1. The zero-order valence-corrected chi connectivity index (χ0v) is 11.6. The first kappa shape index (κ1) is 13.8. The van der Waals surface area contributed by atoms with E-state index in [1.807, 2.05) is 0 Å². The van der Waals surface area contributed by atoms with Gasteiger partial charge in [-0.1, -0.05) is 12.1 Å². The number of sulfonamides is 1. The Hall–Kier alpha value is -1.60. The van der Waals surface area contributed by atoms with Crippen molar-refractivity contribution in [3.63, 3.8) is 0 Å². The Morgan fingerprint density at radius 2 is 1.95 bits per heavy atom. The molecule has 1 aliphatic rings. The van der Waals surface area contributed by atoms with Crippen molar-refractivity contribution in [2.45, 2.75) is 24.3 Å². The van der Waals surface area contributed by atoms with Gasteiger partial charge in [0.1, 0.15) is 16.2 Å². The number of piperazine rings is 1. The molecule has 0 bridgehead atoms. The van der Waals surface area contributed by atoms with Crippen LogP contribution in [0.1, 0.15) is 13.8 Å². The van der Waals surface area contributed by atoms with E-state index in [9.17, 15) is 18.3 Å². The fourth-order valence-corrected chi connectivity index (χ4v) is 3.93. The molecule has 1 heterocycles. The number of hydrogen-bond acceptors (Lipinski definition) is 4. The molecule has 104 valence electrons. The maximum absolute atomic E-state index is 12.6. The smallest absolute Gasteiger partial charge is 0.247 e. The van der Waals surface area contributed by atoms with Gasteiger partial charge in [0, 0.05) is 13.1 Å². The van der Waals surface area contributed by atoms with Gasteiger partial charge in [0.15, 0.2) is 0 Å². The van der Waals surface area contributed by atoms with Crippen LogP contribution in [0.3, 0.4) is 0 Å². The van der Waals surface area contributed by atoms with E-state index in [0.29, 0.717) is 0 Å². The average Bonchev–Trinajstić information content (AvgIpc) is 2.32. The lowest BCUT2D eigenvalue weighted by Gasteiger charge is -2.39. The third-order valence-electron chi connectivity index (χ3n) is 3.21. The third-order valence-corrected chi connectivity index (χ3v) is 5.33. The minimum Gasteiger partial charge on any atom is -0.507 e. The minimum atomic E-state index is -3.91. The Balaban J connectivity index is 2.51. The second-order valence-corrected chi connectivity index (χ2v) is 6.69. The van der Waals surface area contributed by atoms with E-state index in [2.05, 4.69) is 5.32 Å². The molecule has 2 rings (SSSR count). The summed E-state index contributed by atoms with van der Waals surface area (Å²) in [6, 6.07) is 5.71. The van der Waals surface area contributed by atoms with Gasteiger partial charge in [-0.05, 0) is 26.0 Å². The Morgan fingerprint density at radius 1 is 1.32 bits per heavy atom. The van der Waals surface area contributed by atoms with Gasteiger partial charge in [-0.2, -0.15) is 4.31 Å². The van der Waals surface area contributed by atoms with Crippen LogP contribution < -0.4 is 5.32 Å². The van der Waals surface area contributed by atoms with E-state index >= 15 is 0 Å². The highest BCUT2D eigenvalue weighted by Gasteiger charge is 2.45. The van der Waals surface area contributed by atoms with E-state index in [0.717, 1.165) is 4.31 Å². The van der Waals surface area contributed by atoms with Crippen LogP contribution in [-0.4, -0.2) is 42.4 Å². The number of nitrogens with one attached hydrogen (secondary N) is 1. The molecule has 2 N–H and O–H groups in total. The summed E-state index contributed by atoms with van der Waals surface area (Å²) in [5, 5.41) is 12.3. The number of carbonyl (C=O) groups is 1. The molecule has 0 spiro atoms. The highest BCUT2D eigenvalue weighted by Crippen LogP contribution is 2.30. The summed E-state index contributed by atoms with van der Waals surface area (Å²) in [6.45, 7) is 3.52. The molecule has 19 heavy (non-hydrogen) atoms. The van der Waals surface area contributed by atoms with Crippen molar-refractivity contribution in [2.75, 3.05) is 13.1 Å². The third kappa shape index (κ3) is 2.19. The lowest BCUT2D eigenvalue weighted by atomic mass is 10.0. The second-order valence-electron chi connectivity index (χ2n) is 4.86. The van der Waals surface area contributed by atoms with Crippen molar-refractivity contribution in [1.29, 1.82) is 0 Å². The van der Waals surface area contributed by atoms with Crippen molar-refractivity contribution in [1.82, 2.24) is 9.62 Å². The summed E-state index contributed by atoms with van der Waals surface area (Å²) < 4.78 is 26.2.